The Kier molecular flexibility index (Phi) is 7.61. The molecule has 0 unspecified atom stereocenters. The Bertz CT molecular complexity index is 1050. The molecule has 3 rings (SSSR count). The second kappa shape index (κ2) is 10.6. The number of aryl methyl sites for hydroxylation is 1. The van der Waals surface area contributed by atoms with Crippen LogP contribution in [0, 0.1) is 6.92 Å². The molecule has 0 radical (unpaired) electrons. The standard InChI is InChI=1S/C23H25N5O2S/c1-4-14-28-21(17(3)24-22(30)18-8-6-5-7-9-18)26-27-23(28)31-15-20(29)25-19-12-10-16(2)11-13-19/h4-13,17H,1,14-15H2,2-3H3,(H,24,30)(H,25,29)/t17-/m0/s1. The lowest BCUT2D eigenvalue weighted by atomic mass is 10.2. The average molecular weight is 436 g/mol. The van der Waals surface area contributed by atoms with E-state index < -0.39 is 0 Å². The molecule has 2 N–H and O–H groups in total. The Hall–Kier alpha value is -3.39. The van der Waals surface area contributed by atoms with Crippen molar-refractivity contribution in [2.75, 3.05) is 11.1 Å². The number of anilines is 1. The summed E-state index contributed by atoms with van der Waals surface area (Å²) in [4.78, 5) is 24.8. The maximum Gasteiger partial charge on any atom is 0.251 e. The van der Waals surface area contributed by atoms with Crippen molar-refractivity contribution in [2.45, 2.75) is 31.6 Å². The zero-order valence-corrected chi connectivity index (χ0v) is 18.4. The molecule has 0 bridgehead atoms. The average Bonchev–Trinajstić information content (AvgIpc) is 3.17. The quantitative estimate of drug-likeness (QED) is 0.392. The molecule has 2 aromatic carbocycles. The first-order valence-electron chi connectivity index (χ1n) is 9.87. The van der Waals surface area contributed by atoms with Crippen molar-refractivity contribution in [1.82, 2.24) is 20.1 Å². The number of nitrogens with zero attached hydrogens (tertiary/aromatic N) is 3. The molecule has 1 atom stereocenters. The Morgan fingerprint density at radius 3 is 2.52 bits per heavy atom. The van der Waals surface area contributed by atoms with Crippen molar-refractivity contribution in [3.05, 3.63) is 84.2 Å². The predicted octanol–water partition coefficient (Wildman–Crippen LogP) is 3.99. The Labute approximate surface area is 186 Å². The van der Waals surface area contributed by atoms with E-state index in [4.69, 9.17) is 0 Å². The second-order valence-corrected chi connectivity index (χ2v) is 7.95. The molecule has 0 aliphatic rings. The fourth-order valence-electron chi connectivity index (χ4n) is 2.93. The van der Waals surface area contributed by atoms with Crippen LogP contribution in [0.1, 0.15) is 34.7 Å². The number of thioether (sulfide) groups is 1. The van der Waals surface area contributed by atoms with Crippen molar-refractivity contribution < 1.29 is 9.59 Å². The molecule has 2 amide bonds. The summed E-state index contributed by atoms with van der Waals surface area (Å²) in [6.07, 6.45) is 1.73. The van der Waals surface area contributed by atoms with Crippen LogP contribution < -0.4 is 10.6 Å². The van der Waals surface area contributed by atoms with E-state index in [1.165, 1.54) is 11.8 Å². The van der Waals surface area contributed by atoms with Gasteiger partial charge in [-0.2, -0.15) is 0 Å². The van der Waals surface area contributed by atoms with Gasteiger partial charge in [-0.25, -0.2) is 0 Å². The van der Waals surface area contributed by atoms with Crippen LogP contribution in [0.4, 0.5) is 5.69 Å². The zero-order chi connectivity index (χ0) is 22.2. The van der Waals surface area contributed by atoms with E-state index in [-0.39, 0.29) is 23.6 Å². The number of benzene rings is 2. The molecule has 7 nitrogen and oxygen atoms in total. The number of nitrogens with one attached hydrogen (secondary N) is 2. The van der Waals surface area contributed by atoms with Gasteiger partial charge in [0.2, 0.25) is 5.91 Å². The highest BCUT2D eigenvalue weighted by Crippen LogP contribution is 2.21. The third kappa shape index (κ3) is 6.05. The summed E-state index contributed by atoms with van der Waals surface area (Å²) in [6, 6.07) is 16.3. The second-order valence-electron chi connectivity index (χ2n) is 7.00. The molecule has 0 saturated carbocycles. The van der Waals surface area contributed by atoms with Crippen LogP contribution in [-0.4, -0.2) is 32.3 Å². The number of hydrogen-bond donors (Lipinski definition) is 2. The number of aromatic nitrogens is 3. The van der Waals surface area contributed by atoms with Crippen LogP contribution in [0.15, 0.2) is 72.4 Å². The number of rotatable bonds is 9. The number of allylic oxidation sites excluding steroid dienone is 1. The Morgan fingerprint density at radius 1 is 1.13 bits per heavy atom. The third-order valence-corrected chi connectivity index (χ3v) is 5.46. The summed E-state index contributed by atoms with van der Waals surface area (Å²) < 4.78 is 1.85. The first-order valence-corrected chi connectivity index (χ1v) is 10.9. The molecule has 0 spiro atoms. The van der Waals surface area contributed by atoms with Crippen LogP contribution in [0.5, 0.6) is 0 Å². The van der Waals surface area contributed by atoms with Crippen molar-refractivity contribution in [3.8, 4) is 0 Å². The van der Waals surface area contributed by atoms with Crippen molar-refractivity contribution in [3.63, 3.8) is 0 Å². The highest BCUT2D eigenvalue weighted by molar-refractivity contribution is 7.99. The van der Waals surface area contributed by atoms with Gasteiger partial charge >= 0.3 is 0 Å². The highest BCUT2D eigenvalue weighted by atomic mass is 32.2. The van der Waals surface area contributed by atoms with Gasteiger partial charge in [-0.1, -0.05) is 53.7 Å². The lowest BCUT2D eigenvalue weighted by Crippen LogP contribution is -2.28. The minimum Gasteiger partial charge on any atom is -0.342 e. The van der Waals surface area contributed by atoms with E-state index in [0.717, 1.165) is 11.3 Å². The van der Waals surface area contributed by atoms with E-state index >= 15 is 0 Å². The lowest BCUT2D eigenvalue weighted by molar-refractivity contribution is -0.113. The first kappa shape index (κ1) is 22.3. The molecular weight excluding hydrogens is 410 g/mol. The number of carbonyl (C=O) groups excluding carboxylic acids is 2. The van der Waals surface area contributed by atoms with Crippen LogP contribution in [-0.2, 0) is 11.3 Å². The summed E-state index contributed by atoms with van der Waals surface area (Å²) in [5, 5.41) is 14.9. The smallest absolute Gasteiger partial charge is 0.251 e. The van der Waals surface area contributed by atoms with Gasteiger partial charge in [0, 0.05) is 17.8 Å². The molecule has 1 aromatic heterocycles. The van der Waals surface area contributed by atoms with E-state index in [0.29, 0.717) is 23.1 Å². The first-order chi connectivity index (χ1) is 15.0. The Morgan fingerprint density at radius 2 is 1.84 bits per heavy atom. The number of amides is 2. The van der Waals surface area contributed by atoms with Gasteiger partial charge in [-0.3, -0.25) is 9.59 Å². The van der Waals surface area contributed by atoms with Gasteiger partial charge in [0.1, 0.15) is 0 Å². The highest BCUT2D eigenvalue weighted by Gasteiger charge is 2.20. The predicted molar refractivity (Wildman–Crippen MR) is 123 cm³/mol. The van der Waals surface area contributed by atoms with Crippen LogP contribution in [0.25, 0.3) is 0 Å². The summed E-state index contributed by atoms with van der Waals surface area (Å²) in [7, 11) is 0. The number of carbonyl (C=O) groups is 2. The summed E-state index contributed by atoms with van der Waals surface area (Å²) >= 11 is 1.29. The van der Waals surface area contributed by atoms with E-state index in [9.17, 15) is 9.59 Å². The van der Waals surface area contributed by atoms with Crippen LogP contribution >= 0.6 is 11.8 Å². The molecular formula is C23H25N5O2S. The van der Waals surface area contributed by atoms with Crippen molar-refractivity contribution in [1.29, 1.82) is 0 Å². The number of hydrogen-bond acceptors (Lipinski definition) is 5. The molecule has 0 fully saturated rings. The van der Waals surface area contributed by atoms with Gasteiger partial charge in [-0.05, 0) is 38.1 Å². The van der Waals surface area contributed by atoms with Gasteiger partial charge in [-0.15, -0.1) is 16.8 Å². The molecule has 31 heavy (non-hydrogen) atoms. The fourth-order valence-corrected chi connectivity index (χ4v) is 3.68. The molecule has 0 aliphatic heterocycles. The van der Waals surface area contributed by atoms with Crippen molar-refractivity contribution in [2.24, 2.45) is 0 Å². The molecule has 1 heterocycles. The van der Waals surface area contributed by atoms with Gasteiger partial charge in [0.15, 0.2) is 11.0 Å². The molecule has 0 saturated heterocycles. The van der Waals surface area contributed by atoms with Crippen LogP contribution in [0.3, 0.4) is 0 Å². The topological polar surface area (TPSA) is 88.9 Å². The molecule has 160 valence electrons. The maximum absolute atomic E-state index is 12.5. The molecule has 0 aliphatic carbocycles. The minimum atomic E-state index is -0.365. The molecule has 3 aromatic rings. The minimum absolute atomic E-state index is 0.131. The van der Waals surface area contributed by atoms with Gasteiger partial charge in [0.25, 0.3) is 5.91 Å². The van der Waals surface area contributed by atoms with E-state index in [1.807, 2.05) is 60.9 Å². The molecule has 8 heteroatoms. The summed E-state index contributed by atoms with van der Waals surface area (Å²) in [6.45, 7) is 8.10. The van der Waals surface area contributed by atoms with Crippen molar-refractivity contribution >= 4 is 29.3 Å². The maximum atomic E-state index is 12.5. The third-order valence-electron chi connectivity index (χ3n) is 4.50. The zero-order valence-electron chi connectivity index (χ0n) is 17.5. The van der Waals surface area contributed by atoms with Gasteiger partial charge in [0.05, 0.1) is 11.8 Å². The summed E-state index contributed by atoms with van der Waals surface area (Å²) in [5.74, 6) is 0.473. The fraction of sp³-hybridized carbons (Fsp3) is 0.217. The normalized spacial score (nSPS) is 11.5. The Balaban J connectivity index is 1.65. The van der Waals surface area contributed by atoms with Crippen LogP contribution in [0.2, 0.25) is 0 Å². The monoisotopic (exact) mass is 435 g/mol. The SMILES string of the molecule is C=CCn1c(SCC(=O)Nc2ccc(C)cc2)nnc1[C@H](C)NC(=O)c1ccccc1. The largest absolute Gasteiger partial charge is 0.342 e. The van der Waals surface area contributed by atoms with E-state index in [1.54, 1.807) is 18.2 Å². The lowest BCUT2D eigenvalue weighted by Gasteiger charge is -2.15. The van der Waals surface area contributed by atoms with Gasteiger partial charge < -0.3 is 15.2 Å². The van der Waals surface area contributed by atoms with E-state index in [2.05, 4.69) is 27.4 Å². The summed E-state index contributed by atoms with van der Waals surface area (Å²) in [5.41, 5.74) is 2.46.